The molecule has 0 fully saturated rings. The van der Waals surface area contributed by atoms with E-state index in [1.165, 1.54) is 0 Å². The summed E-state index contributed by atoms with van der Waals surface area (Å²) < 4.78 is 0.979. The van der Waals surface area contributed by atoms with Crippen molar-refractivity contribution in [3.63, 3.8) is 0 Å². The number of aromatic hydroxyl groups is 1. The largest absolute Gasteiger partial charge is 0.508 e. The second-order valence-corrected chi connectivity index (χ2v) is 5.00. The van der Waals surface area contributed by atoms with Crippen LogP contribution in [0.4, 0.5) is 0 Å². The summed E-state index contributed by atoms with van der Waals surface area (Å²) >= 11 is 3.39. The van der Waals surface area contributed by atoms with Gasteiger partial charge in [0.1, 0.15) is 11.6 Å². The van der Waals surface area contributed by atoms with Crippen LogP contribution in [-0.2, 0) is 13.0 Å². The highest BCUT2D eigenvalue weighted by Gasteiger charge is 2.01. The summed E-state index contributed by atoms with van der Waals surface area (Å²) in [7, 11) is 0. The first-order chi connectivity index (χ1) is 8.75. The lowest BCUT2D eigenvalue weighted by atomic mass is 10.2. The molecule has 0 radical (unpaired) electrons. The molecule has 0 spiro atoms. The Morgan fingerprint density at radius 1 is 1.39 bits per heavy atom. The molecule has 1 aromatic heterocycles. The van der Waals surface area contributed by atoms with Gasteiger partial charge in [-0.15, -0.1) is 0 Å². The van der Waals surface area contributed by atoms with Crippen molar-refractivity contribution in [2.45, 2.75) is 19.4 Å². The van der Waals surface area contributed by atoms with E-state index in [2.05, 4.69) is 31.2 Å². The lowest BCUT2D eigenvalue weighted by Crippen LogP contribution is -2.15. The summed E-state index contributed by atoms with van der Waals surface area (Å²) in [5.41, 5.74) is 0.905. The quantitative estimate of drug-likeness (QED) is 0.719. The number of phenolic OH excluding ortho intramolecular Hbond substituents is 1. The Hall–Kier alpha value is -1.33. The van der Waals surface area contributed by atoms with Crippen LogP contribution in [0, 0.1) is 0 Å². The number of hydrogen-bond acceptors (Lipinski definition) is 3. The van der Waals surface area contributed by atoms with Gasteiger partial charge in [-0.2, -0.15) is 0 Å². The highest BCUT2D eigenvalue weighted by atomic mass is 79.9. The van der Waals surface area contributed by atoms with Crippen LogP contribution in [0.15, 0.2) is 35.1 Å². The number of aromatic nitrogens is 2. The fourth-order valence-electron chi connectivity index (χ4n) is 1.73. The molecule has 0 atom stereocenters. The summed E-state index contributed by atoms with van der Waals surface area (Å²) in [5, 5.41) is 13.0. The second-order valence-electron chi connectivity index (χ2n) is 4.09. The molecule has 1 heterocycles. The minimum absolute atomic E-state index is 0.330. The van der Waals surface area contributed by atoms with E-state index in [9.17, 15) is 5.11 Å². The maximum Gasteiger partial charge on any atom is 0.120 e. The number of nitrogens with zero attached hydrogens (tertiary/aromatic N) is 1. The third-order valence-corrected chi connectivity index (χ3v) is 3.17. The molecule has 0 saturated heterocycles. The first kappa shape index (κ1) is 13.1. The molecule has 18 heavy (non-hydrogen) atoms. The van der Waals surface area contributed by atoms with Crippen molar-refractivity contribution in [2.24, 2.45) is 0 Å². The van der Waals surface area contributed by atoms with Gasteiger partial charge in [-0.1, -0.05) is 15.9 Å². The number of halogens is 1. The molecule has 1 aromatic carbocycles. The van der Waals surface area contributed by atoms with Crippen molar-refractivity contribution >= 4 is 15.9 Å². The molecule has 3 N–H and O–H groups in total. The van der Waals surface area contributed by atoms with Crippen LogP contribution < -0.4 is 5.32 Å². The second kappa shape index (κ2) is 6.56. The van der Waals surface area contributed by atoms with Gasteiger partial charge in [-0.25, -0.2) is 4.98 Å². The van der Waals surface area contributed by atoms with Crippen molar-refractivity contribution < 1.29 is 5.11 Å². The lowest BCUT2D eigenvalue weighted by Gasteiger charge is -2.07. The van der Waals surface area contributed by atoms with Crippen LogP contribution in [0.25, 0.3) is 0 Å². The summed E-state index contributed by atoms with van der Waals surface area (Å²) in [4.78, 5) is 7.25. The van der Waals surface area contributed by atoms with Gasteiger partial charge in [-0.05, 0) is 31.2 Å². The molecular formula is C13H16BrN3O. The predicted octanol–water partition coefficient (Wildman–Crippen LogP) is 2.60. The molecule has 0 aliphatic carbocycles. The van der Waals surface area contributed by atoms with Crippen LogP contribution in [0.3, 0.4) is 0 Å². The standard InChI is InChI=1S/C13H16BrN3O/c14-11-3-4-12(18)10(8-11)9-15-5-1-2-13-16-6-7-17-13/h3-4,6-8,15,18H,1-2,5,9H2,(H,16,17). The zero-order valence-electron chi connectivity index (χ0n) is 9.99. The number of nitrogens with one attached hydrogen (secondary N) is 2. The molecular weight excluding hydrogens is 294 g/mol. The average Bonchev–Trinajstić information content (AvgIpc) is 2.86. The number of H-pyrrole nitrogens is 1. The van der Waals surface area contributed by atoms with Gasteiger partial charge in [0.15, 0.2) is 0 Å². The predicted molar refractivity (Wildman–Crippen MR) is 74.4 cm³/mol. The van der Waals surface area contributed by atoms with Crippen LogP contribution in [0.5, 0.6) is 5.75 Å². The normalized spacial score (nSPS) is 10.7. The van der Waals surface area contributed by atoms with Gasteiger partial charge in [0.05, 0.1) is 0 Å². The third kappa shape index (κ3) is 3.85. The molecule has 96 valence electrons. The van der Waals surface area contributed by atoms with E-state index in [1.807, 2.05) is 18.3 Å². The fraction of sp³-hybridized carbons (Fsp3) is 0.308. The van der Waals surface area contributed by atoms with Crippen molar-refractivity contribution in [3.8, 4) is 5.75 Å². The summed E-state index contributed by atoms with van der Waals surface area (Å²) in [5.74, 6) is 1.35. The zero-order chi connectivity index (χ0) is 12.8. The molecule has 0 saturated carbocycles. The molecule has 2 aromatic rings. The van der Waals surface area contributed by atoms with Crippen molar-refractivity contribution in [1.82, 2.24) is 15.3 Å². The van der Waals surface area contributed by atoms with E-state index in [4.69, 9.17) is 0 Å². The Bertz CT molecular complexity index is 485. The van der Waals surface area contributed by atoms with E-state index in [1.54, 1.807) is 12.3 Å². The molecule has 0 aliphatic heterocycles. The van der Waals surface area contributed by atoms with Gasteiger partial charge in [0.2, 0.25) is 0 Å². The Morgan fingerprint density at radius 3 is 3.06 bits per heavy atom. The number of aryl methyl sites for hydroxylation is 1. The SMILES string of the molecule is Oc1ccc(Br)cc1CNCCCc1ncc[nH]1. The zero-order valence-corrected chi connectivity index (χ0v) is 11.6. The maximum absolute atomic E-state index is 9.67. The Labute approximate surface area is 115 Å². The number of hydrogen-bond donors (Lipinski definition) is 3. The van der Waals surface area contributed by atoms with Crippen LogP contribution in [-0.4, -0.2) is 21.6 Å². The van der Waals surface area contributed by atoms with Crippen LogP contribution >= 0.6 is 15.9 Å². The van der Waals surface area contributed by atoms with Gasteiger partial charge in [-0.3, -0.25) is 0 Å². The Kier molecular flexibility index (Phi) is 4.78. The molecule has 5 heteroatoms. The number of imidazole rings is 1. The molecule has 0 bridgehead atoms. The summed E-state index contributed by atoms with van der Waals surface area (Å²) in [6, 6.07) is 5.45. The maximum atomic E-state index is 9.67. The van der Waals surface area contributed by atoms with Crippen LogP contribution in [0.1, 0.15) is 17.8 Å². The van der Waals surface area contributed by atoms with E-state index in [-0.39, 0.29) is 0 Å². The first-order valence-corrected chi connectivity index (χ1v) is 6.71. The van der Waals surface area contributed by atoms with Crippen molar-refractivity contribution in [2.75, 3.05) is 6.54 Å². The molecule has 4 nitrogen and oxygen atoms in total. The van der Waals surface area contributed by atoms with Gasteiger partial charge >= 0.3 is 0 Å². The molecule has 2 rings (SSSR count). The summed E-state index contributed by atoms with van der Waals surface area (Å²) in [6.07, 6.45) is 5.55. The Morgan fingerprint density at radius 2 is 2.28 bits per heavy atom. The molecule has 0 amide bonds. The lowest BCUT2D eigenvalue weighted by molar-refractivity contribution is 0.464. The number of aromatic amines is 1. The number of benzene rings is 1. The smallest absolute Gasteiger partial charge is 0.120 e. The monoisotopic (exact) mass is 309 g/mol. The average molecular weight is 310 g/mol. The minimum Gasteiger partial charge on any atom is -0.508 e. The molecule has 0 unspecified atom stereocenters. The van der Waals surface area contributed by atoms with E-state index < -0.39 is 0 Å². The fourth-order valence-corrected chi connectivity index (χ4v) is 2.14. The highest BCUT2D eigenvalue weighted by Crippen LogP contribution is 2.21. The van der Waals surface area contributed by atoms with E-state index >= 15 is 0 Å². The highest BCUT2D eigenvalue weighted by molar-refractivity contribution is 9.10. The first-order valence-electron chi connectivity index (χ1n) is 5.92. The topological polar surface area (TPSA) is 60.9 Å². The molecule has 0 aliphatic rings. The van der Waals surface area contributed by atoms with E-state index in [0.29, 0.717) is 12.3 Å². The van der Waals surface area contributed by atoms with E-state index in [0.717, 1.165) is 35.2 Å². The Balaban J connectivity index is 1.70. The number of phenols is 1. The van der Waals surface area contributed by atoms with Crippen molar-refractivity contribution in [3.05, 3.63) is 46.5 Å². The number of rotatable bonds is 6. The van der Waals surface area contributed by atoms with Gasteiger partial charge in [0.25, 0.3) is 0 Å². The van der Waals surface area contributed by atoms with Gasteiger partial charge < -0.3 is 15.4 Å². The van der Waals surface area contributed by atoms with Crippen molar-refractivity contribution in [1.29, 1.82) is 0 Å². The minimum atomic E-state index is 0.330. The van der Waals surface area contributed by atoms with Gasteiger partial charge in [0, 0.05) is 35.4 Å². The van der Waals surface area contributed by atoms with Crippen LogP contribution in [0.2, 0.25) is 0 Å². The summed E-state index contributed by atoms with van der Waals surface area (Å²) in [6.45, 7) is 1.57. The third-order valence-electron chi connectivity index (χ3n) is 2.68.